The maximum atomic E-state index is 14.1. The normalized spacial score (nSPS) is 11.0. The lowest BCUT2D eigenvalue weighted by Crippen LogP contribution is -2.33. The smallest absolute Gasteiger partial charge is 0.412 e. The molecule has 0 radical (unpaired) electrons. The van der Waals surface area contributed by atoms with Gasteiger partial charge in [0.25, 0.3) is 0 Å². The Morgan fingerprint density at radius 2 is 1.31 bits per heavy atom. The first-order chi connectivity index (χ1) is 19.7. The van der Waals surface area contributed by atoms with E-state index in [1.807, 2.05) is 39.8 Å². The summed E-state index contributed by atoms with van der Waals surface area (Å²) < 4.78 is 23.0. The first kappa shape index (κ1) is 32.0. The maximum absolute atomic E-state index is 14.1. The molecule has 0 aliphatic carbocycles. The first-order valence-electron chi connectivity index (χ1n) is 13.8. The zero-order valence-corrected chi connectivity index (χ0v) is 25.7. The average Bonchev–Trinajstić information content (AvgIpc) is 2.85. The highest BCUT2D eigenvalue weighted by atomic mass is 16.6. The van der Waals surface area contributed by atoms with Gasteiger partial charge in [0, 0.05) is 35.3 Å². The molecule has 0 fully saturated rings. The number of methoxy groups -OCH3 is 1. The molecule has 0 atom stereocenters. The number of carbonyl (C=O) groups excluding carboxylic acids is 2. The molecule has 3 N–H and O–H groups in total. The number of hydrogen-bond acceptors (Lipinski definition) is 8. The van der Waals surface area contributed by atoms with E-state index in [4.69, 9.17) is 18.6 Å². The van der Waals surface area contributed by atoms with E-state index in [1.54, 1.807) is 27.7 Å². The first-order valence-corrected chi connectivity index (χ1v) is 13.8. The number of ether oxygens (including phenoxy) is 3. The third kappa shape index (κ3) is 7.43. The average molecular weight is 581 g/mol. The van der Waals surface area contributed by atoms with E-state index in [0.717, 1.165) is 11.1 Å². The van der Waals surface area contributed by atoms with Gasteiger partial charge >= 0.3 is 12.2 Å². The minimum absolute atomic E-state index is 0.00536. The number of allylic oxidation sites excluding steroid dienone is 4. The monoisotopic (exact) mass is 580 g/mol. The van der Waals surface area contributed by atoms with Crippen molar-refractivity contribution in [3.63, 3.8) is 0 Å². The molecule has 0 unspecified atom stereocenters. The van der Waals surface area contributed by atoms with E-state index in [9.17, 15) is 19.5 Å². The van der Waals surface area contributed by atoms with Crippen LogP contribution in [-0.2, 0) is 12.8 Å². The molecule has 0 saturated heterocycles. The van der Waals surface area contributed by atoms with Crippen molar-refractivity contribution in [3.05, 3.63) is 56.8 Å². The van der Waals surface area contributed by atoms with Crippen LogP contribution in [0.1, 0.15) is 66.5 Å². The van der Waals surface area contributed by atoms with Crippen molar-refractivity contribution in [3.8, 4) is 23.0 Å². The Labute approximate surface area is 245 Å². The Morgan fingerprint density at radius 1 is 0.833 bits per heavy atom. The van der Waals surface area contributed by atoms with Crippen molar-refractivity contribution in [1.29, 1.82) is 0 Å². The number of nitrogens with one attached hydrogen (secondary N) is 2. The molecule has 0 bridgehead atoms. The van der Waals surface area contributed by atoms with Gasteiger partial charge in [0.1, 0.15) is 28.1 Å². The highest BCUT2D eigenvalue weighted by molar-refractivity contribution is 5.98. The summed E-state index contributed by atoms with van der Waals surface area (Å²) in [6.45, 7) is 14.8. The number of phenols is 1. The Hall–Kier alpha value is -4.47. The zero-order chi connectivity index (χ0) is 31.3. The van der Waals surface area contributed by atoms with Crippen molar-refractivity contribution >= 4 is 34.1 Å². The third-order valence-electron chi connectivity index (χ3n) is 6.16. The van der Waals surface area contributed by atoms with Gasteiger partial charge in [0.15, 0.2) is 11.5 Å². The van der Waals surface area contributed by atoms with Gasteiger partial charge in [-0.25, -0.2) is 9.59 Å². The second-order valence-electron chi connectivity index (χ2n) is 11.1. The van der Waals surface area contributed by atoms with Gasteiger partial charge < -0.3 is 34.4 Å². The number of fused-ring (bicyclic) bond motifs is 2. The van der Waals surface area contributed by atoms with E-state index in [-0.39, 0.29) is 75.4 Å². The molecule has 2 amide bonds. The molecule has 42 heavy (non-hydrogen) atoms. The van der Waals surface area contributed by atoms with Crippen LogP contribution in [0.3, 0.4) is 0 Å². The van der Waals surface area contributed by atoms with Crippen LogP contribution in [0.25, 0.3) is 21.9 Å². The van der Waals surface area contributed by atoms with Crippen LogP contribution in [0.5, 0.6) is 23.0 Å². The summed E-state index contributed by atoms with van der Waals surface area (Å²) >= 11 is 0. The summed E-state index contributed by atoms with van der Waals surface area (Å²) in [6, 6.07) is 2.46. The molecule has 3 aromatic rings. The highest BCUT2D eigenvalue weighted by Gasteiger charge is 2.26. The van der Waals surface area contributed by atoms with Gasteiger partial charge in [-0.15, -0.1) is 0 Å². The van der Waals surface area contributed by atoms with Crippen molar-refractivity contribution in [1.82, 2.24) is 10.6 Å². The molecular weight excluding hydrogens is 540 g/mol. The number of amides is 2. The van der Waals surface area contributed by atoms with Crippen LogP contribution in [-0.4, -0.2) is 36.5 Å². The van der Waals surface area contributed by atoms with E-state index < -0.39 is 17.6 Å². The van der Waals surface area contributed by atoms with Crippen LogP contribution in [0.15, 0.2) is 44.6 Å². The number of hydrogen-bond donors (Lipinski definition) is 3. The van der Waals surface area contributed by atoms with Gasteiger partial charge in [0.05, 0.1) is 12.5 Å². The van der Waals surface area contributed by atoms with Gasteiger partial charge in [-0.1, -0.05) is 23.3 Å². The fourth-order valence-electron chi connectivity index (χ4n) is 4.33. The molecule has 0 saturated carbocycles. The molecule has 3 rings (SSSR count). The van der Waals surface area contributed by atoms with Crippen molar-refractivity contribution in [2.24, 2.45) is 0 Å². The Balaban J connectivity index is 2.41. The highest BCUT2D eigenvalue weighted by Crippen LogP contribution is 2.41. The summed E-state index contributed by atoms with van der Waals surface area (Å²) in [5.74, 6) is -0.0545. The van der Waals surface area contributed by atoms with Crippen molar-refractivity contribution < 1.29 is 33.3 Å². The number of phenolic OH excluding ortho intramolecular Hbond substituents is 1. The number of benzene rings is 2. The zero-order valence-electron chi connectivity index (χ0n) is 25.7. The summed E-state index contributed by atoms with van der Waals surface area (Å²) in [5.41, 5.74) is 2.25. The fourth-order valence-corrected chi connectivity index (χ4v) is 4.33. The largest absolute Gasteiger partial charge is 0.507 e. The van der Waals surface area contributed by atoms with Gasteiger partial charge in [-0.05, 0) is 68.2 Å². The Morgan fingerprint density at radius 3 is 1.81 bits per heavy atom. The van der Waals surface area contributed by atoms with Gasteiger partial charge in [-0.3, -0.25) is 4.79 Å². The Kier molecular flexibility index (Phi) is 10.3. The second-order valence-corrected chi connectivity index (χ2v) is 11.1. The predicted octanol–water partition coefficient (Wildman–Crippen LogP) is 6.67. The molecule has 10 nitrogen and oxygen atoms in total. The molecule has 2 aromatic carbocycles. The van der Waals surface area contributed by atoms with Crippen molar-refractivity contribution in [2.75, 3.05) is 7.11 Å². The Bertz CT molecular complexity index is 1620. The van der Waals surface area contributed by atoms with E-state index in [0.29, 0.717) is 5.56 Å². The molecular formula is C32H40N2O8. The van der Waals surface area contributed by atoms with Crippen LogP contribution < -0.4 is 30.3 Å². The van der Waals surface area contributed by atoms with Crippen molar-refractivity contribution in [2.45, 2.75) is 80.3 Å². The minimum Gasteiger partial charge on any atom is -0.507 e. The lowest BCUT2D eigenvalue weighted by Gasteiger charge is -2.18. The van der Waals surface area contributed by atoms with Gasteiger partial charge in [0.2, 0.25) is 5.43 Å². The molecule has 0 aliphatic heterocycles. The molecule has 1 aromatic heterocycles. The summed E-state index contributed by atoms with van der Waals surface area (Å²) in [7, 11) is 1.42. The topological polar surface area (TPSA) is 136 Å². The van der Waals surface area contributed by atoms with Crippen LogP contribution in [0.2, 0.25) is 0 Å². The number of rotatable bonds is 9. The van der Waals surface area contributed by atoms with Crippen LogP contribution in [0.4, 0.5) is 9.59 Å². The maximum Gasteiger partial charge on any atom is 0.412 e. The van der Waals surface area contributed by atoms with E-state index in [1.165, 1.54) is 19.2 Å². The third-order valence-corrected chi connectivity index (χ3v) is 6.16. The van der Waals surface area contributed by atoms with E-state index >= 15 is 0 Å². The summed E-state index contributed by atoms with van der Waals surface area (Å²) in [6.07, 6.45) is 2.81. The summed E-state index contributed by atoms with van der Waals surface area (Å²) in [4.78, 5) is 39.2. The predicted molar refractivity (Wildman–Crippen MR) is 163 cm³/mol. The number of aromatic hydroxyl groups is 1. The lowest BCUT2D eigenvalue weighted by atomic mass is 9.98. The lowest BCUT2D eigenvalue weighted by molar-refractivity contribution is 0.195. The minimum atomic E-state index is -0.717. The van der Waals surface area contributed by atoms with Gasteiger partial charge in [-0.2, -0.15) is 0 Å². The standard InChI is InChI=1S/C32H40N2O8/c1-16(2)10-12-20-22(41-31(37)33-18(5)6)14-24-27(28(20)35)29(36)26-21(13-11-17(3)4)30(39-9)25(15-23(26)40-24)42-32(38)34-19(7)8/h10-11,14-15,18-19,35H,12-13H2,1-9H3,(H,33,37)(H,34,38). The van der Waals surface area contributed by atoms with E-state index in [2.05, 4.69) is 10.6 Å². The SMILES string of the molecule is COc1c(OC(=O)NC(C)C)cc2oc3cc(OC(=O)NC(C)C)c(CC=C(C)C)c(O)c3c(=O)c2c1CC=C(C)C. The van der Waals surface area contributed by atoms with Crippen LogP contribution in [0, 0.1) is 0 Å². The quantitative estimate of drug-likeness (QED) is 0.189. The molecule has 0 aliphatic rings. The second kappa shape index (κ2) is 13.5. The fraction of sp³-hybridized carbons (Fsp3) is 0.406. The summed E-state index contributed by atoms with van der Waals surface area (Å²) in [5, 5.41) is 16.9. The molecule has 226 valence electrons. The van der Waals surface area contributed by atoms with Crippen LogP contribution >= 0.6 is 0 Å². The number of carbonyl (C=O) groups is 2. The molecule has 0 spiro atoms. The molecule has 10 heteroatoms. The molecule has 1 heterocycles.